The lowest BCUT2D eigenvalue weighted by atomic mass is 10.1. The average molecular weight is 465 g/mol. The number of fused-ring (bicyclic) bond motifs is 1. The number of nitrogens with zero attached hydrogens (tertiary/aromatic N) is 3. The normalized spacial score (nSPS) is 11.0. The monoisotopic (exact) mass is 464 g/mol. The van der Waals surface area contributed by atoms with Crippen LogP contribution < -0.4 is 16.2 Å². The van der Waals surface area contributed by atoms with Gasteiger partial charge in [-0.3, -0.25) is 14.7 Å². The summed E-state index contributed by atoms with van der Waals surface area (Å²) in [7, 11) is 0. The van der Waals surface area contributed by atoms with E-state index in [-0.39, 0.29) is 30.1 Å². The summed E-state index contributed by atoms with van der Waals surface area (Å²) in [4.78, 5) is 34.3. The third-order valence-corrected chi connectivity index (χ3v) is 5.69. The first-order chi connectivity index (χ1) is 15.8. The van der Waals surface area contributed by atoms with Gasteiger partial charge in [0.2, 0.25) is 11.9 Å². The first kappa shape index (κ1) is 22.5. The lowest BCUT2D eigenvalue weighted by Gasteiger charge is -2.09. The van der Waals surface area contributed by atoms with Gasteiger partial charge in [0.25, 0.3) is 11.3 Å². The molecule has 33 heavy (non-hydrogen) atoms. The Morgan fingerprint density at radius 1 is 1.09 bits per heavy atom. The number of H-pyrrole nitrogens is 1. The van der Waals surface area contributed by atoms with Crippen LogP contribution in [0.2, 0.25) is 5.02 Å². The fraction of sp³-hybridized carbons (Fsp3) is 0.250. The van der Waals surface area contributed by atoms with Gasteiger partial charge in [-0.05, 0) is 50.5 Å². The molecule has 3 N–H and O–H groups in total. The van der Waals surface area contributed by atoms with Gasteiger partial charge in [-0.15, -0.1) is 0 Å². The summed E-state index contributed by atoms with van der Waals surface area (Å²) in [6, 6.07) is 13.5. The molecule has 2 aromatic heterocycles. The van der Waals surface area contributed by atoms with E-state index in [1.807, 2.05) is 44.2 Å². The van der Waals surface area contributed by atoms with E-state index in [0.717, 1.165) is 11.1 Å². The van der Waals surface area contributed by atoms with Crippen LogP contribution in [0.25, 0.3) is 5.78 Å². The molecule has 8 nitrogen and oxygen atoms in total. The van der Waals surface area contributed by atoms with Crippen LogP contribution in [0.5, 0.6) is 0 Å². The zero-order valence-corrected chi connectivity index (χ0v) is 19.5. The molecule has 2 aromatic carbocycles. The van der Waals surface area contributed by atoms with Gasteiger partial charge >= 0.3 is 0 Å². The molecule has 9 heteroatoms. The predicted molar refractivity (Wildman–Crippen MR) is 130 cm³/mol. The van der Waals surface area contributed by atoms with Crippen molar-refractivity contribution in [2.45, 2.75) is 40.2 Å². The predicted octanol–water partition coefficient (Wildman–Crippen LogP) is 4.18. The SMILES string of the molecule is Cc1ccc(CNc2nc3nc(C)c(CCC(=O)Nc4cc(Cl)ccc4C)c(=O)n3[nH]2)cc1. The number of carbonyl (C=O) groups is 1. The molecule has 0 bridgehead atoms. The van der Waals surface area contributed by atoms with Gasteiger partial charge in [0.15, 0.2) is 0 Å². The molecule has 4 rings (SSSR count). The van der Waals surface area contributed by atoms with Gasteiger partial charge in [0.05, 0.1) is 5.69 Å². The molecule has 170 valence electrons. The van der Waals surface area contributed by atoms with E-state index in [0.29, 0.717) is 34.5 Å². The van der Waals surface area contributed by atoms with Crippen molar-refractivity contribution in [2.75, 3.05) is 10.6 Å². The second-order valence-corrected chi connectivity index (χ2v) is 8.47. The fourth-order valence-electron chi connectivity index (χ4n) is 3.49. The Kier molecular flexibility index (Phi) is 6.46. The maximum Gasteiger partial charge on any atom is 0.277 e. The van der Waals surface area contributed by atoms with Crippen LogP contribution in [-0.2, 0) is 17.8 Å². The summed E-state index contributed by atoms with van der Waals surface area (Å²) >= 11 is 6.02. The Bertz CT molecular complexity index is 1370. The smallest absolute Gasteiger partial charge is 0.277 e. The van der Waals surface area contributed by atoms with Gasteiger partial charge in [0, 0.05) is 29.2 Å². The quantitative estimate of drug-likeness (QED) is 0.380. The van der Waals surface area contributed by atoms with E-state index in [1.165, 1.54) is 10.1 Å². The molecule has 2 heterocycles. The van der Waals surface area contributed by atoms with Crippen LogP contribution in [0.15, 0.2) is 47.3 Å². The number of aryl methyl sites for hydroxylation is 3. The van der Waals surface area contributed by atoms with E-state index in [1.54, 1.807) is 19.1 Å². The van der Waals surface area contributed by atoms with Crippen LogP contribution in [0.3, 0.4) is 0 Å². The third kappa shape index (κ3) is 5.23. The summed E-state index contributed by atoms with van der Waals surface area (Å²) in [5.41, 5.74) is 4.63. The maximum absolute atomic E-state index is 13.0. The molecule has 1 amide bonds. The molecule has 0 atom stereocenters. The molecule has 0 fully saturated rings. The molecular formula is C24H25ClN6O2. The minimum atomic E-state index is -0.264. The highest BCUT2D eigenvalue weighted by molar-refractivity contribution is 6.31. The molecule has 0 spiro atoms. The number of amides is 1. The van der Waals surface area contributed by atoms with Gasteiger partial charge in [-0.2, -0.15) is 9.50 Å². The Labute approximate surface area is 196 Å². The van der Waals surface area contributed by atoms with Gasteiger partial charge in [-0.25, -0.2) is 4.98 Å². The molecule has 0 saturated carbocycles. The molecule has 4 aromatic rings. The summed E-state index contributed by atoms with van der Waals surface area (Å²) in [6.45, 7) is 6.24. The molecule has 0 aliphatic heterocycles. The summed E-state index contributed by atoms with van der Waals surface area (Å²) < 4.78 is 1.30. The van der Waals surface area contributed by atoms with Crippen molar-refractivity contribution < 1.29 is 4.79 Å². The highest BCUT2D eigenvalue weighted by Crippen LogP contribution is 2.20. The summed E-state index contributed by atoms with van der Waals surface area (Å²) in [5.74, 6) is 0.534. The molecular weight excluding hydrogens is 440 g/mol. The number of rotatable bonds is 7. The molecule has 0 saturated heterocycles. The lowest BCUT2D eigenvalue weighted by Crippen LogP contribution is -2.23. The summed E-state index contributed by atoms with van der Waals surface area (Å²) in [5, 5.41) is 9.54. The number of hydrogen-bond donors (Lipinski definition) is 3. The van der Waals surface area contributed by atoms with Gasteiger partial charge < -0.3 is 10.6 Å². The average Bonchev–Trinajstić information content (AvgIpc) is 3.19. The van der Waals surface area contributed by atoms with E-state index in [9.17, 15) is 9.59 Å². The van der Waals surface area contributed by atoms with Crippen LogP contribution >= 0.6 is 11.6 Å². The van der Waals surface area contributed by atoms with Crippen molar-refractivity contribution >= 4 is 34.9 Å². The van der Waals surface area contributed by atoms with E-state index >= 15 is 0 Å². The fourth-order valence-corrected chi connectivity index (χ4v) is 3.67. The number of aromatic amines is 1. The topological polar surface area (TPSA) is 104 Å². The third-order valence-electron chi connectivity index (χ3n) is 5.45. The van der Waals surface area contributed by atoms with Crippen molar-refractivity contribution in [3.63, 3.8) is 0 Å². The van der Waals surface area contributed by atoms with Crippen LogP contribution in [0, 0.1) is 20.8 Å². The molecule has 0 aliphatic rings. The zero-order chi connectivity index (χ0) is 23.5. The Morgan fingerprint density at radius 2 is 1.85 bits per heavy atom. The Morgan fingerprint density at radius 3 is 2.61 bits per heavy atom. The highest BCUT2D eigenvalue weighted by atomic mass is 35.5. The van der Waals surface area contributed by atoms with Crippen LogP contribution in [0.1, 0.15) is 34.4 Å². The van der Waals surface area contributed by atoms with Crippen molar-refractivity contribution in [3.8, 4) is 0 Å². The highest BCUT2D eigenvalue weighted by Gasteiger charge is 2.15. The van der Waals surface area contributed by atoms with Crippen LogP contribution in [-0.4, -0.2) is 25.5 Å². The van der Waals surface area contributed by atoms with Gasteiger partial charge in [-0.1, -0.05) is 47.5 Å². The largest absolute Gasteiger partial charge is 0.351 e. The minimum absolute atomic E-state index is 0.141. The second kappa shape index (κ2) is 9.46. The number of carbonyl (C=O) groups excluding carboxylic acids is 1. The number of nitrogens with one attached hydrogen (secondary N) is 3. The molecule has 0 unspecified atom stereocenters. The van der Waals surface area contributed by atoms with Crippen molar-refractivity contribution in [1.29, 1.82) is 0 Å². The van der Waals surface area contributed by atoms with E-state index in [4.69, 9.17) is 11.6 Å². The number of aromatic nitrogens is 4. The van der Waals surface area contributed by atoms with E-state index in [2.05, 4.69) is 25.7 Å². The number of hydrogen-bond acceptors (Lipinski definition) is 5. The maximum atomic E-state index is 13.0. The minimum Gasteiger partial charge on any atom is -0.351 e. The number of anilines is 2. The Hall–Kier alpha value is -3.65. The molecule has 0 aliphatic carbocycles. The number of halogens is 1. The Balaban J connectivity index is 1.46. The summed E-state index contributed by atoms with van der Waals surface area (Å²) in [6.07, 6.45) is 0.402. The number of benzene rings is 2. The van der Waals surface area contributed by atoms with Crippen LogP contribution in [0.4, 0.5) is 11.6 Å². The lowest BCUT2D eigenvalue weighted by molar-refractivity contribution is -0.116. The van der Waals surface area contributed by atoms with Crippen molar-refractivity contribution in [3.05, 3.63) is 85.8 Å². The van der Waals surface area contributed by atoms with Gasteiger partial charge in [0.1, 0.15) is 0 Å². The standard InChI is InChI=1S/C24H25ClN6O2/c1-14-4-7-17(8-5-14)13-26-23-29-24-27-16(3)19(22(33)31(24)30-23)10-11-21(32)28-20-12-18(25)9-6-15(20)2/h4-9,12H,10-11,13H2,1-3H3,(H,28,32)(H2,26,27,29,30). The zero-order valence-electron chi connectivity index (χ0n) is 18.7. The second-order valence-electron chi connectivity index (χ2n) is 8.04. The first-order valence-corrected chi connectivity index (χ1v) is 11.0. The van der Waals surface area contributed by atoms with Crippen molar-refractivity contribution in [1.82, 2.24) is 19.6 Å². The molecule has 0 radical (unpaired) electrons. The van der Waals surface area contributed by atoms with E-state index < -0.39 is 0 Å². The first-order valence-electron chi connectivity index (χ1n) is 10.6. The van der Waals surface area contributed by atoms with Crippen molar-refractivity contribution in [2.24, 2.45) is 0 Å².